The molecule has 0 saturated heterocycles. The maximum absolute atomic E-state index is 6.92. The van der Waals surface area contributed by atoms with Gasteiger partial charge in [-0.05, 0) is 135 Å². The summed E-state index contributed by atoms with van der Waals surface area (Å²) in [6.45, 7) is 3.14. The summed E-state index contributed by atoms with van der Waals surface area (Å²) in [4.78, 5) is 0. The molecular weight excluding hydrogens is 576 g/mol. The van der Waals surface area contributed by atoms with E-state index in [-0.39, 0.29) is 5.41 Å². The Bertz CT molecular complexity index is 1520. The molecule has 0 spiro atoms. The molecule has 244 valence electrons. The molecule has 2 heterocycles. The van der Waals surface area contributed by atoms with Crippen molar-refractivity contribution in [1.82, 2.24) is 0 Å². The highest BCUT2D eigenvalue weighted by atomic mass is 16.6. The van der Waals surface area contributed by atoms with Crippen LogP contribution in [0.25, 0.3) is 10.8 Å². The second kappa shape index (κ2) is 10.9. The molecule has 0 atom stereocenters. The molecule has 2 aromatic rings. The molecule has 12 rings (SSSR count). The zero-order chi connectivity index (χ0) is 30.3. The first-order chi connectivity index (χ1) is 22.6. The van der Waals surface area contributed by atoms with Crippen LogP contribution in [0.5, 0.6) is 11.5 Å². The van der Waals surface area contributed by atoms with Crippen molar-refractivity contribution in [2.24, 2.45) is 35.5 Å². The van der Waals surface area contributed by atoms with Gasteiger partial charge in [0.25, 0.3) is 0 Å². The third kappa shape index (κ3) is 5.13. The van der Waals surface area contributed by atoms with E-state index in [0.29, 0.717) is 45.1 Å². The Balaban J connectivity index is 1.04. The van der Waals surface area contributed by atoms with Crippen LogP contribution in [0.1, 0.15) is 88.2 Å². The van der Waals surface area contributed by atoms with Crippen LogP contribution in [0.3, 0.4) is 0 Å². The van der Waals surface area contributed by atoms with Gasteiger partial charge in [0.15, 0.2) is 11.5 Å². The standard InChI is InChI=1S/C40H48O6/c1-2-35-31(13-32(1)39-15-25-7-26(16-39)9-27(8-25)17-39)14-36(43-5-3-41-21-33-23-45-33)37(38(35)44-6-4-42-22-34-24-46-34)40-18-28-10-29(19-40)12-30(11-28)20-40/h1-2,13-14,23-30H,3-12,15-22H2. The highest BCUT2D eigenvalue weighted by Gasteiger charge is 2.54. The third-order valence-electron chi connectivity index (χ3n) is 13.3. The first-order valence-corrected chi connectivity index (χ1v) is 18.3. The van der Waals surface area contributed by atoms with E-state index in [1.807, 2.05) is 0 Å². The van der Waals surface area contributed by atoms with Gasteiger partial charge in [-0.3, -0.25) is 0 Å². The number of rotatable bonds is 14. The van der Waals surface area contributed by atoms with Crippen LogP contribution in [0, 0.1) is 35.5 Å². The van der Waals surface area contributed by atoms with Crippen LogP contribution in [-0.2, 0) is 29.8 Å². The van der Waals surface area contributed by atoms with Crippen LogP contribution >= 0.6 is 0 Å². The quantitative estimate of drug-likeness (QED) is 0.197. The monoisotopic (exact) mass is 624 g/mol. The molecule has 6 nitrogen and oxygen atoms in total. The summed E-state index contributed by atoms with van der Waals surface area (Å²) in [5.74, 6) is 9.15. The van der Waals surface area contributed by atoms with Crippen LogP contribution in [0.2, 0.25) is 0 Å². The number of hydrogen-bond donors (Lipinski definition) is 0. The SMILES string of the molecule is C1=C(COCCOc2cc3cc(C45CC6CC(CC(C6)C4)C5)ccc3c(OCCOCC3=CO3)c2C23CC4CC(CC(C4)C2)C3)O1. The molecule has 0 amide bonds. The second-order valence-electron chi connectivity index (χ2n) is 16.6. The fourth-order valence-electron chi connectivity index (χ4n) is 12.3. The zero-order valence-corrected chi connectivity index (χ0v) is 27.1. The van der Waals surface area contributed by atoms with Gasteiger partial charge in [-0.25, -0.2) is 0 Å². The van der Waals surface area contributed by atoms with Gasteiger partial charge in [-0.2, -0.15) is 0 Å². The predicted molar refractivity (Wildman–Crippen MR) is 175 cm³/mol. The van der Waals surface area contributed by atoms with E-state index >= 15 is 0 Å². The summed E-state index contributed by atoms with van der Waals surface area (Å²) < 4.78 is 35.8. The lowest BCUT2D eigenvalue weighted by molar-refractivity contribution is -0.00815. The van der Waals surface area contributed by atoms with Gasteiger partial charge in [-0.1, -0.05) is 18.2 Å². The molecule has 6 heteroatoms. The predicted octanol–water partition coefficient (Wildman–Crippen LogP) is 8.31. The summed E-state index contributed by atoms with van der Waals surface area (Å²) in [6.07, 6.45) is 20.0. The molecule has 0 N–H and O–H groups in total. The number of ether oxygens (including phenoxy) is 6. The average molecular weight is 625 g/mol. The molecule has 8 aliphatic carbocycles. The number of hydrogen-bond acceptors (Lipinski definition) is 6. The molecule has 0 aromatic heterocycles. The third-order valence-corrected chi connectivity index (χ3v) is 13.3. The molecule has 2 aromatic carbocycles. The van der Waals surface area contributed by atoms with Crippen LogP contribution < -0.4 is 9.47 Å². The van der Waals surface area contributed by atoms with E-state index in [1.54, 1.807) is 18.1 Å². The zero-order valence-electron chi connectivity index (χ0n) is 27.1. The second-order valence-corrected chi connectivity index (χ2v) is 16.6. The van der Waals surface area contributed by atoms with Crippen molar-refractivity contribution >= 4 is 10.8 Å². The lowest BCUT2D eigenvalue weighted by Crippen LogP contribution is -2.49. The van der Waals surface area contributed by atoms with Gasteiger partial charge >= 0.3 is 0 Å². The highest BCUT2D eigenvalue weighted by molar-refractivity contribution is 5.93. The van der Waals surface area contributed by atoms with Crippen LogP contribution in [0.4, 0.5) is 0 Å². The summed E-state index contributed by atoms with van der Waals surface area (Å²) >= 11 is 0. The molecule has 46 heavy (non-hydrogen) atoms. The molecule has 8 bridgehead atoms. The van der Waals surface area contributed by atoms with Crippen LogP contribution in [0.15, 0.2) is 48.3 Å². The highest BCUT2D eigenvalue weighted by Crippen LogP contribution is 2.65. The number of fused-ring (bicyclic) bond motifs is 1. The Kier molecular flexibility index (Phi) is 6.72. The maximum atomic E-state index is 6.92. The van der Waals surface area contributed by atoms with E-state index in [4.69, 9.17) is 28.4 Å². The van der Waals surface area contributed by atoms with Gasteiger partial charge in [0.2, 0.25) is 0 Å². The Morgan fingerprint density at radius 1 is 0.587 bits per heavy atom. The van der Waals surface area contributed by atoms with E-state index in [9.17, 15) is 0 Å². The lowest BCUT2D eigenvalue weighted by Gasteiger charge is -2.57. The Labute approximate surface area is 272 Å². The molecule has 10 aliphatic rings. The van der Waals surface area contributed by atoms with Crippen molar-refractivity contribution in [2.45, 2.75) is 87.9 Å². The first kappa shape index (κ1) is 28.3. The van der Waals surface area contributed by atoms with Gasteiger partial charge in [0.05, 0.1) is 13.2 Å². The fraction of sp³-hybridized carbons (Fsp3) is 0.650. The molecule has 8 fully saturated rings. The summed E-state index contributed by atoms with van der Waals surface area (Å²) in [6, 6.07) is 9.83. The molecule has 0 radical (unpaired) electrons. The van der Waals surface area contributed by atoms with Crippen molar-refractivity contribution in [3.63, 3.8) is 0 Å². The minimum Gasteiger partial charge on any atom is -0.491 e. The maximum Gasteiger partial charge on any atom is 0.164 e. The molecular formula is C40H48O6. The minimum atomic E-state index is 0.118. The summed E-state index contributed by atoms with van der Waals surface area (Å²) in [5, 5.41) is 2.51. The van der Waals surface area contributed by atoms with Crippen molar-refractivity contribution in [3.05, 3.63) is 59.4 Å². The smallest absolute Gasteiger partial charge is 0.164 e. The van der Waals surface area contributed by atoms with Gasteiger partial charge in [-0.15, -0.1) is 0 Å². The normalized spacial score (nSPS) is 37.1. The van der Waals surface area contributed by atoms with Gasteiger partial charge < -0.3 is 28.4 Å². The molecule has 2 aliphatic heterocycles. The molecule has 8 saturated carbocycles. The Morgan fingerprint density at radius 2 is 1.09 bits per heavy atom. The van der Waals surface area contributed by atoms with Crippen molar-refractivity contribution in [1.29, 1.82) is 0 Å². The van der Waals surface area contributed by atoms with Crippen molar-refractivity contribution in [3.8, 4) is 11.5 Å². The van der Waals surface area contributed by atoms with Crippen LogP contribution in [-0.4, -0.2) is 39.6 Å². The average Bonchev–Trinajstić information content (AvgIpc) is 3.95. The Morgan fingerprint density at radius 3 is 1.61 bits per heavy atom. The largest absolute Gasteiger partial charge is 0.491 e. The van der Waals surface area contributed by atoms with Gasteiger partial charge in [0.1, 0.15) is 50.5 Å². The van der Waals surface area contributed by atoms with Crippen molar-refractivity contribution in [2.75, 3.05) is 39.6 Å². The van der Waals surface area contributed by atoms with E-state index < -0.39 is 0 Å². The Hall–Kier alpha value is -2.70. The number of benzene rings is 2. The summed E-state index contributed by atoms with van der Waals surface area (Å²) in [7, 11) is 0. The fourth-order valence-corrected chi connectivity index (χ4v) is 12.3. The minimum absolute atomic E-state index is 0.118. The first-order valence-electron chi connectivity index (χ1n) is 18.3. The topological polar surface area (TPSA) is 62.0 Å². The molecule has 0 unspecified atom stereocenters. The van der Waals surface area contributed by atoms with Crippen molar-refractivity contribution < 1.29 is 28.4 Å². The van der Waals surface area contributed by atoms with E-state index in [0.717, 1.165) is 58.5 Å². The summed E-state index contributed by atoms with van der Waals surface area (Å²) in [5.41, 5.74) is 3.36. The van der Waals surface area contributed by atoms with Gasteiger partial charge in [0, 0.05) is 16.4 Å². The van der Waals surface area contributed by atoms with E-state index in [2.05, 4.69) is 24.3 Å². The van der Waals surface area contributed by atoms with E-state index in [1.165, 1.54) is 93.4 Å². The lowest BCUT2D eigenvalue weighted by atomic mass is 9.47.